The first kappa shape index (κ1) is 31.6. The van der Waals surface area contributed by atoms with Crippen LogP contribution in [-0.2, 0) is 36.8 Å². The number of ether oxygens (including phenoxy) is 1. The topological polar surface area (TPSA) is 183 Å². The van der Waals surface area contributed by atoms with Gasteiger partial charge in [0, 0.05) is 12.8 Å². The Labute approximate surface area is 232 Å². The number of benzene rings is 2. The molecule has 0 aromatic heterocycles. The first-order valence-corrected chi connectivity index (χ1v) is 12.6. The first-order chi connectivity index (χ1) is 18.7. The molecule has 0 radical (unpaired) electrons. The maximum absolute atomic E-state index is 13.0. The summed E-state index contributed by atoms with van der Waals surface area (Å²) < 4.78 is 5.24. The zero-order chi connectivity index (χ0) is 29.9. The molecular weight excluding hydrogens is 520 g/mol. The van der Waals surface area contributed by atoms with Crippen molar-refractivity contribution in [3.63, 3.8) is 0 Å². The number of carboxylic acids is 1. The van der Waals surface area contributed by atoms with E-state index in [2.05, 4.69) is 21.3 Å². The van der Waals surface area contributed by atoms with Crippen molar-refractivity contribution in [3.05, 3.63) is 65.7 Å². The minimum Gasteiger partial charge on any atom is -0.508 e. The number of phenols is 1. The molecule has 0 aliphatic heterocycles. The lowest BCUT2D eigenvalue weighted by Crippen LogP contribution is -2.55. The van der Waals surface area contributed by atoms with E-state index in [0.717, 1.165) is 5.56 Å². The summed E-state index contributed by atoms with van der Waals surface area (Å²) in [5, 5.41) is 28.7. The van der Waals surface area contributed by atoms with E-state index in [9.17, 15) is 34.2 Å². The predicted molar refractivity (Wildman–Crippen MR) is 145 cm³/mol. The van der Waals surface area contributed by atoms with Gasteiger partial charge in [0.05, 0.1) is 6.54 Å². The molecule has 0 saturated carbocycles. The van der Waals surface area contributed by atoms with Crippen LogP contribution < -0.4 is 21.3 Å². The highest BCUT2D eigenvalue weighted by atomic mass is 16.6. The normalized spacial score (nSPS) is 13.2. The number of nitrogens with one attached hydrogen (secondary N) is 4. The van der Waals surface area contributed by atoms with E-state index < -0.39 is 60.1 Å². The van der Waals surface area contributed by atoms with Gasteiger partial charge in [0.15, 0.2) is 0 Å². The summed E-state index contributed by atoms with van der Waals surface area (Å²) in [6.45, 7) is 5.90. The molecule has 0 bridgehead atoms. The van der Waals surface area contributed by atoms with Crippen molar-refractivity contribution >= 4 is 29.8 Å². The van der Waals surface area contributed by atoms with E-state index in [0.29, 0.717) is 5.56 Å². The molecule has 0 fully saturated rings. The van der Waals surface area contributed by atoms with Crippen molar-refractivity contribution in [3.8, 4) is 5.75 Å². The lowest BCUT2D eigenvalue weighted by Gasteiger charge is -2.24. The lowest BCUT2D eigenvalue weighted by molar-refractivity contribution is -0.141. The molecule has 12 nitrogen and oxygen atoms in total. The number of phenolic OH excluding ortho intramolecular Hbond substituents is 1. The lowest BCUT2D eigenvalue weighted by atomic mass is 10.0. The van der Waals surface area contributed by atoms with Gasteiger partial charge in [0.25, 0.3) is 0 Å². The van der Waals surface area contributed by atoms with Crippen LogP contribution in [0, 0.1) is 0 Å². The monoisotopic (exact) mass is 556 g/mol. The molecule has 0 spiro atoms. The van der Waals surface area contributed by atoms with E-state index in [1.54, 1.807) is 63.2 Å². The average Bonchev–Trinajstić information content (AvgIpc) is 2.87. The molecule has 4 amide bonds. The highest BCUT2D eigenvalue weighted by molar-refractivity contribution is 5.93. The van der Waals surface area contributed by atoms with Crippen LogP contribution in [0.1, 0.15) is 38.8 Å². The fraction of sp³-hybridized carbons (Fsp3) is 0.393. The number of alkyl carbamates (subject to hydrolysis) is 1. The number of rotatable bonds is 12. The summed E-state index contributed by atoms with van der Waals surface area (Å²) in [4.78, 5) is 61.8. The zero-order valence-corrected chi connectivity index (χ0v) is 22.9. The Kier molecular flexibility index (Phi) is 11.5. The molecule has 2 unspecified atom stereocenters. The molecule has 3 atom stereocenters. The molecule has 0 aliphatic carbocycles. The summed E-state index contributed by atoms with van der Waals surface area (Å²) in [7, 11) is 0. The second-order valence-corrected chi connectivity index (χ2v) is 10.2. The van der Waals surface area contributed by atoms with Crippen LogP contribution in [0.2, 0.25) is 0 Å². The van der Waals surface area contributed by atoms with Crippen LogP contribution in [-0.4, -0.2) is 70.3 Å². The van der Waals surface area contributed by atoms with Crippen LogP contribution in [0.3, 0.4) is 0 Å². The summed E-state index contributed by atoms with van der Waals surface area (Å²) in [6.07, 6.45) is -0.723. The SMILES string of the molecule is C[C@@H](NC(=O)C(Cc1ccc(O)cc1)NC(=O)OC(C)(C)C)C(=O)NCC(=O)NC(Cc1ccccc1)C(=O)O. The van der Waals surface area contributed by atoms with Gasteiger partial charge in [-0.15, -0.1) is 0 Å². The summed E-state index contributed by atoms with van der Waals surface area (Å²) in [5.41, 5.74) is 0.543. The Morgan fingerprint density at radius 1 is 0.800 bits per heavy atom. The standard InChI is InChI=1S/C28H36N4O8/c1-17(24(35)29-16-23(34)31-22(26(37)38)15-18-8-6-5-7-9-18)30-25(36)21(32-27(39)40-28(2,3)4)14-19-10-12-20(33)13-11-19/h5-13,17,21-22,33H,14-16H2,1-4H3,(H,29,35)(H,30,36)(H,31,34)(H,32,39)(H,37,38)/t17-,21?,22?/m1/s1. The van der Waals surface area contributed by atoms with E-state index in [1.807, 2.05) is 0 Å². The van der Waals surface area contributed by atoms with Crippen molar-refractivity contribution in [1.29, 1.82) is 0 Å². The number of aromatic hydroxyl groups is 1. The van der Waals surface area contributed by atoms with Gasteiger partial charge >= 0.3 is 12.1 Å². The Morgan fingerprint density at radius 3 is 1.95 bits per heavy atom. The smallest absolute Gasteiger partial charge is 0.408 e. The van der Waals surface area contributed by atoms with E-state index in [1.165, 1.54) is 19.1 Å². The third-order valence-corrected chi connectivity index (χ3v) is 5.47. The molecule has 2 aromatic rings. The fourth-order valence-corrected chi connectivity index (χ4v) is 3.52. The van der Waals surface area contributed by atoms with Crippen LogP contribution in [0.4, 0.5) is 4.79 Å². The van der Waals surface area contributed by atoms with Crippen LogP contribution >= 0.6 is 0 Å². The Balaban J connectivity index is 1.95. The molecule has 6 N–H and O–H groups in total. The molecule has 0 heterocycles. The quantitative estimate of drug-likeness (QED) is 0.226. The zero-order valence-electron chi connectivity index (χ0n) is 22.9. The number of amides is 4. The Morgan fingerprint density at radius 2 is 1.38 bits per heavy atom. The molecule has 40 heavy (non-hydrogen) atoms. The van der Waals surface area contributed by atoms with Gasteiger partial charge in [-0.25, -0.2) is 9.59 Å². The third kappa shape index (κ3) is 11.4. The minimum absolute atomic E-state index is 0.0360. The molecule has 0 aliphatic rings. The van der Waals surface area contributed by atoms with Gasteiger partial charge in [-0.05, 0) is 51.0 Å². The predicted octanol–water partition coefficient (Wildman–Crippen LogP) is 1.26. The number of hydrogen-bond acceptors (Lipinski definition) is 7. The van der Waals surface area contributed by atoms with Gasteiger partial charge in [0.1, 0.15) is 29.5 Å². The molecule has 0 saturated heterocycles. The maximum Gasteiger partial charge on any atom is 0.408 e. The highest BCUT2D eigenvalue weighted by Gasteiger charge is 2.27. The van der Waals surface area contributed by atoms with E-state index in [4.69, 9.17) is 4.74 Å². The van der Waals surface area contributed by atoms with Crippen molar-refractivity contribution in [2.75, 3.05) is 6.54 Å². The van der Waals surface area contributed by atoms with E-state index in [-0.39, 0.29) is 18.6 Å². The van der Waals surface area contributed by atoms with Crippen molar-refractivity contribution in [2.24, 2.45) is 0 Å². The van der Waals surface area contributed by atoms with Crippen molar-refractivity contribution in [1.82, 2.24) is 21.3 Å². The first-order valence-electron chi connectivity index (χ1n) is 12.6. The van der Waals surface area contributed by atoms with Crippen LogP contribution in [0.15, 0.2) is 54.6 Å². The van der Waals surface area contributed by atoms with Crippen LogP contribution in [0.5, 0.6) is 5.75 Å². The number of carbonyl (C=O) groups is 5. The largest absolute Gasteiger partial charge is 0.508 e. The van der Waals surface area contributed by atoms with Gasteiger partial charge in [-0.3, -0.25) is 14.4 Å². The highest BCUT2D eigenvalue weighted by Crippen LogP contribution is 2.13. The van der Waals surface area contributed by atoms with Crippen LogP contribution in [0.25, 0.3) is 0 Å². The number of hydrogen-bond donors (Lipinski definition) is 6. The number of aliphatic carboxylic acids is 1. The van der Waals surface area contributed by atoms with Crippen molar-refractivity contribution in [2.45, 2.75) is 64.3 Å². The van der Waals surface area contributed by atoms with Crippen molar-refractivity contribution < 1.29 is 38.9 Å². The molecule has 216 valence electrons. The summed E-state index contributed by atoms with van der Waals surface area (Å²) in [5.74, 6) is -3.28. The molecule has 2 aromatic carbocycles. The minimum atomic E-state index is -1.22. The third-order valence-electron chi connectivity index (χ3n) is 5.47. The van der Waals surface area contributed by atoms with Gasteiger partial charge < -0.3 is 36.2 Å². The fourth-order valence-electron chi connectivity index (χ4n) is 3.52. The van der Waals surface area contributed by atoms with E-state index >= 15 is 0 Å². The summed E-state index contributed by atoms with van der Waals surface area (Å²) in [6, 6.07) is 11.4. The second kappa shape index (κ2) is 14.5. The Hall–Kier alpha value is -4.61. The van der Waals surface area contributed by atoms with Gasteiger partial charge in [0.2, 0.25) is 17.7 Å². The van der Waals surface area contributed by atoms with Gasteiger partial charge in [-0.1, -0.05) is 42.5 Å². The molecule has 2 rings (SSSR count). The molecular formula is C28H36N4O8. The Bertz CT molecular complexity index is 1180. The second-order valence-electron chi connectivity index (χ2n) is 10.2. The number of carboxylic acid groups (broad SMARTS) is 1. The number of carbonyl (C=O) groups excluding carboxylic acids is 4. The van der Waals surface area contributed by atoms with Gasteiger partial charge in [-0.2, -0.15) is 0 Å². The maximum atomic E-state index is 13.0. The molecule has 12 heteroatoms. The summed E-state index contributed by atoms with van der Waals surface area (Å²) >= 11 is 0. The average molecular weight is 557 g/mol.